The van der Waals surface area contributed by atoms with Crippen molar-refractivity contribution in [2.75, 3.05) is 11.9 Å². The van der Waals surface area contributed by atoms with E-state index in [1.807, 2.05) is 30.3 Å². The number of nitriles is 1. The predicted molar refractivity (Wildman–Crippen MR) is 147 cm³/mol. The van der Waals surface area contributed by atoms with E-state index in [4.69, 9.17) is 21.1 Å². The molecule has 0 saturated heterocycles. The van der Waals surface area contributed by atoms with Crippen LogP contribution in [-0.2, 0) is 4.79 Å². The number of nitro groups is 1. The lowest BCUT2D eigenvalue weighted by atomic mass is 10.0. The molecule has 4 aromatic carbocycles. The Bertz CT molecular complexity index is 1670. The number of fused-ring (bicyclic) bond motifs is 1. The van der Waals surface area contributed by atoms with Gasteiger partial charge in [-0.05, 0) is 59.7 Å². The number of carbonyl (C=O) groups is 2. The Morgan fingerprint density at radius 1 is 1.05 bits per heavy atom. The quantitative estimate of drug-likeness (QED) is 0.0666. The second kappa shape index (κ2) is 11.9. The topological polar surface area (TPSA) is 132 Å². The minimum Gasteiger partial charge on any atom is -0.490 e. The lowest BCUT2D eigenvalue weighted by Gasteiger charge is -2.12. The maximum atomic E-state index is 13.0. The van der Waals surface area contributed by atoms with Crippen LogP contribution in [0.15, 0.2) is 84.4 Å². The van der Waals surface area contributed by atoms with Gasteiger partial charge in [0.2, 0.25) is 0 Å². The highest BCUT2D eigenvalue weighted by molar-refractivity contribution is 6.31. The van der Waals surface area contributed by atoms with Gasteiger partial charge in [0.25, 0.3) is 11.6 Å². The zero-order valence-electron chi connectivity index (χ0n) is 20.5. The molecule has 0 atom stereocenters. The van der Waals surface area contributed by atoms with Crippen LogP contribution in [0.5, 0.6) is 11.5 Å². The fourth-order valence-electron chi connectivity index (χ4n) is 3.79. The third-order valence-electron chi connectivity index (χ3n) is 5.56. The summed E-state index contributed by atoms with van der Waals surface area (Å²) in [6, 6.07) is 22.9. The molecule has 194 valence electrons. The fraction of sp³-hybridized carbons (Fsp3) is 0.0690. The van der Waals surface area contributed by atoms with E-state index in [1.165, 1.54) is 30.3 Å². The molecule has 0 unspecified atom stereocenters. The summed E-state index contributed by atoms with van der Waals surface area (Å²) in [5.41, 5.74) is -0.0486. The van der Waals surface area contributed by atoms with Crippen molar-refractivity contribution in [3.63, 3.8) is 0 Å². The highest BCUT2D eigenvalue weighted by Crippen LogP contribution is 2.32. The summed E-state index contributed by atoms with van der Waals surface area (Å²) in [6.07, 6.45) is 1.29. The van der Waals surface area contributed by atoms with Gasteiger partial charge in [0.1, 0.15) is 17.3 Å². The Labute approximate surface area is 228 Å². The Balaban J connectivity index is 1.60. The van der Waals surface area contributed by atoms with Crippen LogP contribution in [0.25, 0.3) is 16.8 Å². The first-order chi connectivity index (χ1) is 18.8. The van der Waals surface area contributed by atoms with Gasteiger partial charge in [-0.3, -0.25) is 14.9 Å². The van der Waals surface area contributed by atoms with Gasteiger partial charge in [0, 0.05) is 11.1 Å². The third-order valence-corrected chi connectivity index (χ3v) is 5.80. The van der Waals surface area contributed by atoms with E-state index < -0.39 is 22.5 Å². The van der Waals surface area contributed by atoms with Gasteiger partial charge in [-0.1, -0.05) is 54.1 Å². The summed E-state index contributed by atoms with van der Waals surface area (Å²) in [6.45, 7) is 2.02. The molecule has 0 aromatic heterocycles. The van der Waals surface area contributed by atoms with E-state index in [1.54, 1.807) is 31.2 Å². The summed E-state index contributed by atoms with van der Waals surface area (Å²) in [5, 5.41) is 25.0. The van der Waals surface area contributed by atoms with E-state index in [0.29, 0.717) is 11.1 Å². The molecule has 0 heterocycles. The van der Waals surface area contributed by atoms with Crippen LogP contribution in [0.3, 0.4) is 0 Å². The molecule has 0 radical (unpaired) electrons. The number of nitrogens with zero attached hydrogens (tertiary/aromatic N) is 2. The largest absolute Gasteiger partial charge is 0.490 e. The lowest BCUT2D eigenvalue weighted by molar-refractivity contribution is -0.383. The van der Waals surface area contributed by atoms with Crippen LogP contribution in [0, 0.1) is 21.4 Å². The second-order valence-corrected chi connectivity index (χ2v) is 8.53. The molecule has 0 fully saturated rings. The minimum absolute atomic E-state index is 0.110. The van der Waals surface area contributed by atoms with Gasteiger partial charge in [-0.25, -0.2) is 4.79 Å². The normalized spacial score (nSPS) is 10.9. The minimum atomic E-state index is -0.854. The Kier molecular flexibility index (Phi) is 8.19. The van der Waals surface area contributed by atoms with Gasteiger partial charge in [0.05, 0.1) is 17.1 Å². The number of esters is 1. The average molecular weight is 542 g/mol. The third kappa shape index (κ3) is 6.21. The number of halogens is 1. The van der Waals surface area contributed by atoms with Gasteiger partial charge < -0.3 is 14.8 Å². The van der Waals surface area contributed by atoms with Crippen LogP contribution in [0.1, 0.15) is 22.8 Å². The summed E-state index contributed by atoms with van der Waals surface area (Å²) >= 11 is 5.82. The van der Waals surface area contributed by atoms with E-state index in [-0.39, 0.29) is 34.4 Å². The number of carbonyl (C=O) groups excluding carboxylic acids is 2. The molecule has 1 amide bonds. The number of rotatable bonds is 8. The van der Waals surface area contributed by atoms with Gasteiger partial charge in [0.15, 0.2) is 11.5 Å². The zero-order valence-corrected chi connectivity index (χ0v) is 21.3. The molecule has 4 rings (SSSR count). The number of ether oxygens (including phenoxy) is 2. The van der Waals surface area contributed by atoms with Crippen molar-refractivity contribution >= 4 is 51.7 Å². The lowest BCUT2D eigenvalue weighted by Crippen LogP contribution is -2.14. The van der Waals surface area contributed by atoms with Gasteiger partial charge in [-0.2, -0.15) is 5.26 Å². The summed E-state index contributed by atoms with van der Waals surface area (Å²) in [7, 11) is 0. The number of nitrogens with one attached hydrogen (secondary N) is 1. The molecule has 9 nitrogen and oxygen atoms in total. The molecule has 0 bridgehead atoms. The number of nitro benzene ring substituents is 1. The molecule has 0 aliphatic heterocycles. The van der Waals surface area contributed by atoms with Crippen molar-refractivity contribution in [1.82, 2.24) is 0 Å². The number of hydrogen-bond donors (Lipinski definition) is 1. The van der Waals surface area contributed by atoms with Crippen LogP contribution in [-0.4, -0.2) is 23.4 Å². The second-order valence-electron chi connectivity index (χ2n) is 8.10. The van der Waals surface area contributed by atoms with Crippen LogP contribution < -0.4 is 14.8 Å². The first-order valence-electron chi connectivity index (χ1n) is 11.6. The number of anilines is 1. The van der Waals surface area contributed by atoms with Crippen LogP contribution in [0.2, 0.25) is 5.02 Å². The monoisotopic (exact) mass is 541 g/mol. The first kappa shape index (κ1) is 26.9. The standard InChI is InChI=1S/C29H20ClN3O6/c1-2-38-27-15-18(14-20(17-31)28(34)32-24-12-11-21(30)16-25(24)33(36)37)10-13-26(27)39-29(35)23-9-5-7-19-6-3-4-8-22(19)23/h3-16H,2H2,1H3,(H,32,34)/b20-14-. The highest BCUT2D eigenvalue weighted by atomic mass is 35.5. The maximum Gasteiger partial charge on any atom is 0.344 e. The molecular weight excluding hydrogens is 522 g/mol. The molecule has 0 saturated carbocycles. The Morgan fingerprint density at radius 3 is 2.56 bits per heavy atom. The molecule has 10 heteroatoms. The van der Waals surface area contributed by atoms with Crippen molar-refractivity contribution in [1.29, 1.82) is 5.26 Å². The predicted octanol–water partition coefficient (Wildman–Crippen LogP) is 6.56. The van der Waals surface area contributed by atoms with E-state index in [0.717, 1.165) is 16.8 Å². The SMILES string of the molecule is CCOc1cc(/C=C(/C#N)C(=O)Nc2ccc(Cl)cc2[N+](=O)[O-])ccc1OC(=O)c1cccc2ccccc12. The molecule has 0 aliphatic carbocycles. The van der Waals surface area contributed by atoms with Gasteiger partial charge in [-0.15, -0.1) is 0 Å². The van der Waals surface area contributed by atoms with Crippen molar-refractivity contribution in [2.45, 2.75) is 6.92 Å². The van der Waals surface area contributed by atoms with E-state index in [2.05, 4.69) is 5.32 Å². The van der Waals surface area contributed by atoms with Crippen molar-refractivity contribution < 1.29 is 24.0 Å². The zero-order chi connectivity index (χ0) is 27.9. The first-order valence-corrected chi connectivity index (χ1v) is 12.0. The summed E-state index contributed by atoms with van der Waals surface area (Å²) in [5.74, 6) is -1.04. The van der Waals surface area contributed by atoms with Crippen molar-refractivity contribution in [2.24, 2.45) is 0 Å². The number of amides is 1. The summed E-state index contributed by atoms with van der Waals surface area (Å²) < 4.78 is 11.3. The average Bonchev–Trinajstić information content (AvgIpc) is 2.93. The van der Waals surface area contributed by atoms with Crippen molar-refractivity contribution in [3.8, 4) is 17.6 Å². The number of hydrogen-bond acceptors (Lipinski definition) is 7. The van der Waals surface area contributed by atoms with E-state index >= 15 is 0 Å². The number of benzene rings is 4. The molecule has 39 heavy (non-hydrogen) atoms. The molecule has 0 spiro atoms. The van der Waals surface area contributed by atoms with E-state index in [9.17, 15) is 25.0 Å². The van der Waals surface area contributed by atoms with Gasteiger partial charge >= 0.3 is 5.97 Å². The summed E-state index contributed by atoms with van der Waals surface area (Å²) in [4.78, 5) is 36.4. The molecule has 1 N–H and O–H groups in total. The highest BCUT2D eigenvalue weighted by Gasteiger charge is 2.20. The Hall–Kier alpha value is -5.20. The maximum absolute atomic E-state index is 13.0. The van der Waals surface area contributed by atoms with Crippen LogP contribution in [0.4, 0.5) is 11.4 Å². The smallest absolute Gasteiger partial charge is 0.344 e. The Morgan fingerprint density at radius 2 is 1.82 bits per heavy atom. The molecular formula is C29H20ClN3O6. The molecule has 0 aliphatic rings. The van der Waals surface area contributed by atoms with Crippen LogP contribution >= 0.6 is 11.6 Å². The fourth-order valence-corrected chi connectivity index (χ4v) is 3.96. The molecule has 4 aromatic rings. The van der Waals surface area contributed by atoms with Crippen molar-refractivity contribution in [3.05, 3.63) is 111 Å².